The van der Waals surface area contributed by atoms with Gasteiger partial charge in [-0.25, -0.2) is 0 Å². The molecule has 0 bridgehead atoms. The number of pyridine rings is 1. The summed E-state index contributed by atoms with van der Waals surface area (Å²) in [5.74, 6) is -0.597. The molecule has 0 fully saturated rings. The first kappa shape index (κ1) is 17.6. The summed E-state index contributed by atoms with van der Waals surface area (Å²) in [5, 5.41) is 5.49. The van der Waals surface area contributed by atoms with Crippen molar-refractivity contribution in [2.24, 2.45) is 0 Å². The molecule has 6 heteroatoms. The summed E-state index contributed by atoms with van der Waals surface area (Å²) >= 11 is 0. The second kappa shape index (κ2) is 8.79. The minimum Gasteiger partial charge on any atom is -0.383 e. The van der Waals surface area contributed by atoms with E-state index in [1.807, 2.05) is 24.3 Å². The number of nitrogens with zero attached hydrogens (tertiary/aromatic N) is 1. The largest absolute Gasteiger partial charge is 0.383 e. The standard InChI is InChI=1S/C18H21N3O3/c1-3-13-4-6-16(7-5-13)21-18(23)15-10-14(11-19-12-15)17(22)20-8-9-24-2/h4-7,10-12H,3,8-9H2,1-2H3,(H,20,22)(H,21,23). The van der Waals surface area contributed by atoms with E-state index >= 15 is 0 Å². The zero-order valence-corrected chi connectivity index (χ0v) is 13.8. The van der Waals surface area contributed by atoms with Crippen molar-refractivity contribution in [2.75, 3.05) is 25.6 Å². The highest BCUT2D eigenvalue weighted by molar-refractivity contribution is 6.05. The van der Waals surface area contributed by atoms with Gasteiger partial charge in [0.1, 0.15) is 0 Å². The molecule has 0 saturated carbocycles. The number of aryl methyl sites for hydroxylation is 1. The number of benzene rings is 1. The molecule has 0 spiro atoms. The van der Waals surface area contributed by atoms with Gasteiger partial charge in [-0.1, -0.05) is 19.1 Å². The van der Waals surface area contributed by atoms with E-state index in [0.29, 0.717) is 30.0 Å². The van der Waals surface area contributed by atoms with Crippen molar-refractivity contribution in [3.8, 4) is 0 Å². The fourth-order valence-corrected chi connectivity index (χ4v) is 2.08. The summed E-state index contributed by atoms with van der Waals surface area (Å²) in [6, 6.07) is 9.16. The van der Waals surface area contributed by atoms with Crippen LogP contribution in [0.25, 0.3) is 0 Å². The van der Waals surface area contributed by atoms with E-state index in [4.69, 9.17) is 4.74 Å². The van der Waals surface area contributed by atoms with E-state index in [9.17, 15) is 9.59 Å². The van der Waals surface area contributed by atoms with E-state index < -0.39 is 0 Å². The summed E-state index contributed by atoms with van der Waals surface area (Å²) in [6.07, 6.45) is 3.80. The van der Waals surface area contributed by atoms with Gasteiger partial charge in [0.15, 0.2) is 0 Å². The van der Waals surface area contributed by atoms with E-state index in [2.05, 4.69) is 22.5 Å². The lowest BCUT2D eigenvalue weighted by Gasteiger charge is -2.08. The summed E-state index contributed by atoms with van der Waals surface area (Å²) < 4.78 is 4.88. The normalized spacial score (nSPS) is 10.2. The number of amides is 2. The minimum atomic E-state index is -0.307. The molecule has 0 radical (unpaired) electrons. The van der Waals surface area contributed by atoms with Gasteiger partial charge in [-0.2, -0.15) is 0 Å². The second-order valence-corrected chi connectivity index (χ2v) is 5.22. The quantitative estimate of drug-likeness (QED) is 0.765. The zero-order valence-electron chi connectivity index (χ0n) is 13.8. The van der Waals surface area contributed by atoms with Crippen molar-refractivity contribution in [1.82, 2.24) is 10.3 Å². The van der Waals surface area contributed by atoms with Crippen LogP contribution in [0.5, 0.6) is 0 Å². The SMILES string of the molecule is CCc1ccc(NC(=O)c2cncc(C(=O)NCCOC)c2)cc1. The molecule has 1 heterocycles. The summed E-state index contributed by atoms with van der Waals surface area (Å²) in [7, 11) is 1.56. The number of rotatable bonds is 7. The Hall–Kier alpha value is -2.73. The first-order valence-electron chi connectivity index (χ1n) is 7.76. The minimum absolute atomic E-state index is 0.290. The maximum Gasteiger partial charge on any atom is 0.257 e. The van der Waals surface area contributed by atoms with Gasteiger partial charge in [0.25, 0.3) is 11.8 Å². The van der Waals surface area contributed by atoms with Crippen LogP contribution in [0.1, 0.15) is 33.2 Å². The van der Waals surface area contributed by atoms with Gasteiger partial charge in [0.2, 0.25) is 0 Å². The molecule has 6 nitrogen and oxygen atoms in total. The summed E-state index contributed by atoms with van der Waals surface area (Å²) in [4.78, 5) is 28.3. The second-order valence-electron chi connectivity index (χ2n) is 5.22. The number of hydrogen-bond acceptors (Lipinski definition) is 4. The maximum absolute atomic E-state index is 12.3. The molecule has 0 aliphatic carbocycles. The van der Waals surface area contributed by atoms with Crippen LogP contribution in [-0.2, 0) is 11.2 Å². The van der Waals surface area contributed by atoms with Crippen LogP contribution < -0.4 is 10.6 Å². The van der Waals surface area contributed by atoms with E-state index in [1.54, 1.807) is 7.11 Å². The topological polar surface area (TPSA) is 80.3 Å². The number of nitrogens with one attached hydrogen (secondary N) is 2. The van der Waals surface area contributed by atoms with Gasteiger partial charge in [-0.05, 0) is 30.2 Å². The number of ether oxygens (including phenoxy) is 1. The molecule has 0 atom stereocenters. The lowest BCUT2D eigenvalue weighted by atomic mass is 10.1. The fourth-order valence-electron chi connectivity index (χ4n) is 2.08. The molecule has 0 unspecified atom stereocenters. The van der Waals surface area contributed by atoms with Crippen LogP contribution in [-0.4, -0.2) is 37.1 Å². The number of methoxy groups -OCH3 is 1. The fraction of sp³-hybridized carbons (Fsp3) is 0.278. The average molecular weight is 327 g/mol. The van der Waals surface area contributed by atoms with E-state index in [1.165, 1.54) is 24.0 Å². The highest BCUT2D eigenvalue weighted by Crippen LogP contribution is 2.12. The Morgan fingerprint density at radius 2 is 1.75 bits per heavy atom. The number of anilines is 1. The third-order valence-electron chi connectivity index (χ3n) is 3.47. The third-order valence-corrected chi connectivity index (χ3v) is 3.47. The Labute approximate surface area is 141 Å². The van der Waals surface area contributed by atoms with Crippen molar-refractivity contribution in [2.45, 2.75) is 13.3 Å². The van der Waals surface area contributed by atoms with E-state index in [-0.39, 0.29) is 11.8 Å². The monoisotopic (exact) mass is 327 g/mol. The molecule has 2 rings (SSSR count). The highest BCUT2D eigenvalue weighted by Gasteiger charge is 2.11. The molecule has 1 aromatic carbocycles. The van der Waals surface area contributed by atoms with Gasteiger partial charge in [-0.3, -0.25) is 14.6 Å². The van der Waals surface area contributed by atoms with Crippen molar-refractivity contribution in [3.63, 3.8) is 0 Å². The lowest BCUT2D eigenvalue weighted by Crippen LogP contribution is -2.27. The summed E-state index contributed by atoms with van der Waals surface area (Å²) in [5.41, 5.74) is 2.56. The number of carbonyl (C=O) groups excluding carboxylic acids is 2. The Bertz CT molecular complexity index is 699. The molecule has 126 valence electrons. The first-order chi connectivity index (χ1) is 11.6. The van der Waals surface area contributed by atoms with Crippen LogP contribution in [0, 0.1) is 0 Å². The maximum atomic E-state index is 12.3. The van der Waals surface area contributed by atoms with E-state index in [0.717, 1.165) is 6.42 Å². The Morgan fingerprint density at radius 3 is 2.38 bits per heavy atom. The van der Waals surface area contributed by atoms with Crippen molar-refractivity contribution >= 4 is 17.5 Å². The molecule has 0 aliphatic heterocycles. The van der Waals surface area contributed by atoms with Crippen molar-refractivity contribution in [3.05, 3.63) is 59.4 Å². The predicted molar refractivity (Wildman–Crippen MR) is 92.2 cm³/mol. The first-order valence-corrected chi connectivity index (χ1v) is 7.76. The van der Waals surface area contributed by atoms with Gasteiger partial charge >= 0.3 is 0 Å². The smallest absolute Gasteiger partial charge is 0.257 e. The average Bonchev–Trinajstić information content (AvgIpc) is 2.62. The summed E-state index contributed by atoms with van der Waals surface area (Å²) in [6.45, 7) is 2.89. The Kier molecular flexibility index (Phi) is 6.45. The van der Waals surface area contributed by atoms with Crippen LogP contribution in [0.4, 0.5) is 5.69 Å². The number of hydrogen-bond donors (Lipinski definition) is 2. The molecule has 1 aromatic heterocycles. The molecule has 0 aliphatic rings. The molecule has 2 amide bonds. The molecular formula is C18H21N3O3. The van der Waals surface area contributed by atoms with Crippen LogP contribution in [0.15, 0.2) is 42.7 Å². The molecule has 0 saturated heterocycles. The van der Waals surface area contributed by atoms with Crippen molar-refractivity contribution < 1.29 is 14.3 Å². The molecule has 24 heavy (non-hydrogen) atoms. The number of carbonyl (C=O) groups is 2. The zero-order chi connectivity index (χ0) is 17.4. The predicted octanol–water partition coefficient (Wildman–Crippen LogP) is 2.27. The Balaban J connectivity index is 2.03. The molecule has 2 aromatic rings. The van der Waals surface area contributed by atoms with Gasteiger partial charge in [-0.15, -0.1) is 0 Å². The number of aromatic nitrogens is 1. The Morgan fingerprint density at radius 1 is 1.08 bits per heavy atom. The highest BCUT2D eigenvalue weighted by atomic mass is 16.5. The van der Waals surface area contributed by atoms with Gasteiger partial charge in [0.05, 0.1) is 17.7 Å². The van der Waals surface area contributed by atoms with Crippen molar-refractivity contribution in [1.29, 1.82) is 0 Å². The van der Waals surface area contributed by atoms with Crippen LogP contribution in [0.2, 0.25) is 0 Å². The molecular weight excluding hydrogens is 306 g/mol. The lowest BCUT2D eigenvalue weighted by molar-refractivity contribution is 0.0936. The third kappa shape index (κ3) is 4.89. The van der Waals surface area contributed by atoms with Crippen LogP contribution in [0.3, 0.4) is 0 Å². The van der Waals surface area contributed by atoms with Crippen LogP contribution >= 0.6 is 0 Å². The van der Waals surface area contributed by atoms with Gasteiger partial charge in [0, 0.05) is 31.7 Å². The molecule has 2 N–H and O–H groups in total. The van der Waals surface area contributed by atoms with Gasteiger partial charge < -0.3 is 15.4 Å².